The van der Waals surface area contributed by atoms with Crippen molar-refractivity contribution in [3.8, 4) is 0 Å². The molecule has 1 aromatic heterocycles. The van der Waals surface area contributed by atoms with Crippen molar-refractivity contribution in [3.63, 3.8) is 0 Å². The summed E-state index contributed by atoms with van der Waals surface area (Å²) >= 11 is 0. The van der Waals surface area contributed by atoms with E-state index >= 15 is 0 Å². The summed E-state index contributed by atoms with van der Waals surface area (Å²) in [5, 5.41) is 0. The first-order valence-corrected chi connectivity index (χ1v) is 4.11. The highest BCUT2D eigenvalue weighted by molar-refractivity contribution is 4.89. The highest BCUT2D eigenvalue weighted by Crippen LogP contribution is 2.27. The molecule has 2 atom stereocenters. The van der Waals surface area contributed by atoms with Crippen molar-refractivity contribution in [1.82, 2.24) is 9.55 Å². The summed E-state index contributed by atoms with van der Waals surface area (Å²) in [4.78, 5) is 4.01. The van der Waals surface area contributed by atoms with Gasteiger partial charge < -0.3 is 10.3 Å². The zero-order chi connectivity index (χ0) is 7.68. The second-order valence-corrected chi connectivity index (χ2v) is 3.17. The van der Waals surface area contributed by atoms with E-state index in [1.165, 1.54) is 12.8 Å². The van der Waals surface area contributed by atoms with E-state index in [0.29, 0.717) is 12.1 Å². The lowest BCUT2D eigenvalue weighted by molar-refractivity contribution is 0.462. The summed E-state index contributed by atoms with van der Waals surface area (Å²) in [7, 11) is 0. The molecule has 0 spiro atoms. The molecular weight excluding hydrogens is 138 g/mol. The van der Waals surface area contributed by atoms with Crippen LogP contribution in [0, 0.1) is 0 Å². The number of rotatable bonds is 1. The van der Waals surface area contributed by atoms with Crippen LogP contribution in [0.2, 0.25) is 0 Å². The van der Waals surface area contributed by atoms with Gasteiger partial charge in [0.05, 0.1) is 6.33 Å². The first kappa shape index (κ1) is 6.85. The van der Waals surface area contributed by atoms with Crippen molar-refractivity contribution < 1.29 is 0 Å². The van der Waals surface area contributed by atoms with Gasteiger partial charge in [-0.05, 0) is 19.3 Å². The molecule has 0 aromatic carbocycles. The van der Waals surface area contributed by atoms with Crippen molar-refractivity contribution in [3.05, 3.63) is 18.7 Å². The molecule has 1 aliphatic carbocycles. The number of aromatic nitrogens is 2. The molecule has 0 saturated heterocycles. The van der Waals surface area contributed by atoms with Gasteiger partial charge in [0.25, 0.3) is 0 Å². The van der Waals surface area contributed by atoms with Crippen molar-refractivity contribution in [2.75, 3.05) is 0 Å². The molecule has 0 aliphatic heterocycles. The average Bonchev–Trinajstić information content (AvgIpc) is 2.55. The summed E-state index contributed by atoms with van der Waals surface area (Å²) in [6.07, 6.45) is 9.28. The molecular formula is C8H13N3. The maximum Gasteiger partial charge on any atom is 0.0949 e. The average molecular weight is 151 g/mol. The van der Waals surface area contributed by atoms with Crippen molar-refractivity contribution >= 4 is 0 Å². The van der Waals surface area contributed by atoms with Crippen LogP contribution in [-0.2, 0) is 0 Å². The van der Waals surface area contributed by atoms with Gasteiger partial charge in [0.15, 0.2) is 0 Å². The molecule has 0 amide bonds. The molecule has 1 aliphatic rings. The quantitative estimate of drug-likeness (QED) is 0.649. The summed E-state index contributed by atoms with van der Waals surface area (Å²) in [6, 6.07) is 0.835. The second kappa shape index (κ2) is 2.66. The van der Waals surface area contributed by atoms with Crippen LogP contribution in [0.3, 0.4) is 0 Å². The van der Waals surface area contributed by atoms with E-state index in [2.05, 4.69) is 9.55 Å². The van der Waals surface area contributed by atoms with Gasteiger partial charge in [-0.15, -0.1) is 0 Å². The van der Waals surface area contributed by atoms with Gasteiger partial charge in [-0.3, -0.25) is 0 Å². The van der Waals surface area contributed by atoms with Gasteiger partial charge in [-0.25, -0.2) is 4.98 Å². The third-order valence-electron chi connectivity index (χ3n) is 2.44. The maximum atomic E-state index is 5.92. The van der Waals surface area contributed by atoms with Crippen molar-refractivity contribution in [2.24, 2.45) is 5.73 Å². The Bertz CT molecular complexity index is 217. The second-order valence-electron chi connectivity index (χ2n) is 3.17. The molecule has 2 unspecified atom stereocenters. The van der Waals surface area contributed by atoms with E-state index < -0.39 is 0 Å². The lowest BCUT2D eigenvalue weighted by atomic mass is 10.2. The van der Waals surface area contributed by atoms with Crippen LogP contribution in [0.25, 0.3) is 0 Å². The molecule has 2 N–H and O–H groups in total. The largest absolute Gasteiger partial charge is 0.333 e. The minimum Gasteiger partial charge on any atom is -0.333 e. The van der Waals surface area contributed by atoms with E-state index in [4.69, 9.17) is 5.73 Å². The summed E-state index contributed by atoms with van der Waals surface area (Å²) in [5.74, 6) is 0. The predicted octanol–water partition coefficient (Wildman–Crippen LogP) is 0.935. The number of nitrogens with zero attached hydrogens (tertiary/aromatic N) is 2. The van der Waals surface area contributed by atoms with E-state index in [0.717, 1.165) is 6.42 Å². The Labute approximate surface area is 66.2 Å². The molecule has 1 heterocycles. The van der Waals surface area contributed by atoms with E-state index in [1.807, 2.05) is 18.7 Å². The van der Waals surface area contributed by atoms with E-state index in [1.54, 1.807) is 0 Å². The first-order valence-electron chi connectivity index (χ1n) is 4.11. The molecule has 0 radical (unpaired) electrons. The van der Waals surface area contributed by atoms with Crippen LogP contribution >= 0.6 is 0 Å². The highest BCUT2D eigenvalue weighted by atomic mass is 15.1. The monoisotopic (exact) mass is 151 g/mol. The minimum absolute atomic E-state index is 0.337. The number of nitrogens with two attached hydrogens (primary N) is 1. The summed E-state index contributed by atoms with van der Waals surface area (Å²) in [6.45, 7) is 0. The predicted molar refractivity (Wildman–Crippen MR) is 43.1 cm³/mol. The molecule has 1 saturated carbocycles. The minimum atomic E-state index is 0.337. The Hall–Kier alpha value is -0.830. The van der Waals surface area contributed by atoms with Crippen LogP contribution in [0.15, 0.2) is 18.7 Å². The fraction of sp³-hybridized carbons (Fsp3) is 0.625. The Morgan fingerprint density at radius 1 is 1.45 bits per heavy atom. The van der Waals surface area contributed by atoms with Gasteiger partial charge in [0.1, 0.15) is 0 Å². The fourth-order valence-electron chi connectivity index (χ4n) is 1.80. The van der Waals surface area contributed by atoms with Crippen LogP contribution in [0.4, 0.5) is 0 Å². The third-order valence-corrected chi connectivity index (χ3v) is 2.44. The number of imidazole rings is 1. The highest BCUT2D eigenvalue weighted by Gasteiger charge is 2.24. The number of hydrogen-bond acceptors (Lipinski definition) is 2. The first-order chi connectivity index (χ1) is 5.38. The van der Waals surface area contributed by atoms with Crippen LogP contribution in [0.5, 0.6) is 0 Å². The smallest absolute Gasteiger partial charge is 0.0949 e. The SMILES string of the molecule is NC1CCCC1n1ccnc1. The van der Waals surface area contributed by atoms with Crippen LogP contribution in [-0.4, -0.2) is 15.6 Å². The third kappa shape index (κ3) is 1.16. The Kier molecular flexibility index (Phi) is 1.66. The molecule has 2 rings (SSSR count). The van der Waals surface area contributed by atoms with Crippen molar-refractivity contribution in [2.45, 2.75) is 31.3 Å². The topological polar surface area (TPSA) is 43.8 Å². The molecule has 1 fully saturated rings. The number of hydrogen-bond donors (Lipinski definition) is 1. The normalized spacial score (nSPS) is 31.0. The van der Waals surface area contributed by atoms with Crippen molar-refractivity contribution in [1.29, 1.82) is 0 Å². The summed E-state index contributed by atoms with van der Waals surface area (Å²) in [5.41, 5.74) is 5.92. The van der Waals surface area contributed by atoms with Gasteiger partial charge in [0.2, 0.25) is 0 Å². The Balaban J connectivity index is 2.16. The van der Waals surface area contributed by atoms with Gasteiger partial charge in [-0.2, -0.15) is 0 Å². The molecule has 11 heavy (non-hydrogen) atoms. The van der Waals surface area contributed by atoms with Gasteiger partial charge in [0, 0.05) is 24.5 Å². The fourth-order valence-corrected chi connectivity index (χ4v) is 1.80. The lowest BCUT2D eigenvalue weighted by Crippen LogP contribution is -2.26. The summed E-state index contributed by atoms with van der Waals surface area (Å²) < 4.78 is 2.12. The zero-order valence-corrected chi connectivity index (χ0v) is 6.48. The Morgan fingerprint density at radius 2 is 2.36 bits per heavy atom. The standard InChI is InChI=1S/C8H13N3/c9-7-2-1-3-8(7)11-5-4-10-6-11/h4-8H,1-3,9H2. The van der Waals surface area contributed by atoms with Gasteiger partial charge in [-0.1, -0.05) is 0 Å². The molecule has 3 heteroatoms. The molecule has 1 aromatic rings. The van der Waals surface area contributed by atoms with E-state index in [9.17, 15) is 0 Å². The lowest BCUT2D eigenvalue weighted by Gasteiger charge is -2.15. The van der Waals surface area contributed by atoms with Crippen LogP contribution < -0.4 is 5.73 Å². The Morgan fingerprint density at radius 3 is 2.91 bits per heavy atom. The van der Waals surface area contributed by atoms with E-state index in [-0.39, 0.29) is 0 Å². The molecule has 3 nitrogen and oxygen atoms in total. The zero-order valence-electron chi connectivity index (χ0n) is 6.48. The molecule has 60 valence electrons. The van der Waals surface area contributed by atoms with Gasteiger partial charge >= 0.3 is 0 Å². The molecule has 0 bridgehead atoms. The maximum absolute atomic E-state index is 5.92. The van der Waals surface area contributed by atoms with Crippen LogP contribution in [0.1, 0.15) is 25.3 Å².